The second-order valence-corrected chi connectivity index (χ2v) is 4.52. The predicted octanol–water partition coefficient (Wildman–Crippen LogP) is 2.63. The summed E-state index contributed by atoms with van der Waals surface area (Å²) in [6.07, 6.45) is 0. The van der Waals surface area contributed by atoms with Gasteiger partial charge in [0.15, 0.2) is 0 Å². The molecule has 0 radical (unpaired) electrons. The van der Waals surface area contributed by atoms with Crippen molar-refractivity contribution in [3.8, 4) is 0 Å². The zero-order valence-electron chi connectivity index (χ0n) is 11.8. The molecule has 0 saturated heterocycles. The van der Waals surface area contributed by atoms with Gasteiger partial charge in [-0.25, -0.2) is 4.79 Å². The monoisotopic (exact) mass is 266 g/mol. The molecule has 1 aromatic rings. The van der Waals surface area contributed by atoms with E-state index < -0.39 is 0 Å². The fourth-order valence-corrected chi connectivity index (χ4v) is 1.53. The average molecular weight is 266 g/mol. The number of rotatable bonds is 8. The molecule has 0 atom stereocenters. The van der Waals surface area contributed by atoms with Crippen LogP contribution in [0.2, 0.25) is 0 Å². The van der Waals surface area contributed by atoms with E-state index in [-0.39, 0.29) is 12.6 Å². The Morgan fingerprint density at radius 3 is 2.26 bits per heavy atom. The van der Waals surface area contributed by atoms with E-state index in [4.69, 9.17) is 14.2 Å². The molecular formula is C15H22O4. The van der Waals surface area contributed by atoms with E-state index >= 15 is 0 Å². The van der Waals surface area contributed by atoms with Crippen molar-refractivity contribution in [2.75, 3.05) is 33.5 Å². The molecule has 4 nitrogen and oxygen atoms in total. The highest BCUT2D eigenvalue weighted by Crippen LogP contribution is 2.15. The summed E-state index contributed by atoms with van der Waals surface area (Å²) in [5.74, 6) is 0.143. The molecule has 0 unspecified atom stereocenters. The zero-order chi connectivity index (χ0) is 14.1. The van der Waals surface area contributed by atoms with E-state index in [1.807, 2.05) is 12.1 Å². The normalized spacial score (nSPS) is 10.7. The van der Waals surface area contributed by atoms with Crippen molar-refractivity contribution in [2.45, 2.75) is 19.8 Å². The maximum atomic E-state index is 11.7. The summed E-state index contributed by atoms with van der Waals surface area (Å²) in [6.45, 7) is 5.94. The highest BCUT2D eigenvalue weighted by atomic mass is 16.6. The molecule has 0 aliphatic carbocycles. The van der Waals surface area contributed by atoms with E-state index in [0.717, 1.165) is 0 Å². The highest BCUT2D eigenvalue weighted by molar-refractivity contribution is 5.89. The highest BCUT2D eigenvalue weighted by Gasteiger charge is 2.07. The Bertz CT molecular complexity index is 370. The van der Waals surface area contributed by atoms with E-state index in [1.54, 1.807) is 19.2 Å². The molecule has 106 valence electrons. The molecule has 0 aliphatic rings. The molecule has 0 spiro atoms. The van der Waals surface area contributed by atoms with Crippen LogP contribution < -0.4 is 0 Å². The standard InChI is InChI=1S/C15H22O4/c1-12(2)13-4-6-14(7-5-13)15(16)19-11-10-18-9-8-17-3/h4-7,12H,8-11H2,1-3H3. The van der Waals surface area contributed by atoms with Crippen molar-refractivity contribution in [3.63, 3.8) is 0 Å². The van der Waals surface area contributed by atoms with Gasteiger partial charge in [-0.15, -0.1) is 0 Å². The lowest BCUT2D eigenvalue weighted by Gasteiger charge is -2.08. The first-order chi connectivity index (χ1) is 9.15. The minimum Gasteiger partial charge on any atom is -0.460 e. The van der Waals surface area contributed by atoms with Crippen LogP contribution in [0.4, 0.5) is 0 Å². The van der Waals surface area contributed by atoms with Gasteiger partial charge in [-0.05, 0) is 23.6 Å². The summed E-state index contributed by atoms with van der Waals surface area (Å²) in [5, 5.41) is 0. The van der Waals surface area contributed by atoms with Crippen LogP contribution in [0.25, 0.3) is 0 Å². The summed E-state index contributed by atoms with van der Waals surface area (Å²) < 4.78 is 15.1. The van der Waals surface area contributed by atoms with Gasteiger partial charge in [-0.1, -0.05) is 26.0 Å². The first-order valence-electron chi connectivity index (χ1n) is 6.49. The Labute approximate surface area is 114 Å². The molecule has 0 N–H and O–H groups in total. The van der Waals surface area contributed by atoms with Gasteiger partial charge < -0.3 is 14.2 Å². The number of carbonyl (C=O) groups excluding carboxylic acids is 1. The van der Waals surface area contributed by atoms with Crippen LogP contribution >= 0.6 is 0 Å². The van der Waals surface area contributed by atoms with E-state index in [0.29, 0.717) is 31.3 Å². The second kappa shape index (κ2) is 8.67. The van der Waals surface area contributed by atoms with E-state index in [1.165, 1.54) is 5.56 Å². The number of hydrogen-bond donors (Lipinski definition) is 0. The number of ether oxygens (including phenoxy) is 3. The molecule has 0 aromatic heterocycles. The van der Waals surface area contributed by atoms with Gasteiger partial charge in [0.2, 0.25) is 0 Å². The maximum absolute atomic E-state index is 11.7. The maximum Gasteiger partial charge on any atom is 0.338 e. The van der Waals surface area contributed by atoms with Crippen molar-refractivity contribution >= 4 is 5.97 Å². The predicted molar refractivity (Wildman–Crippen MR) is 73.5 cm³/mol. The summed E-state index contributed by atoms with van der Waals surface area (Å²) in [5.41, 5.74) is 1.78. The molecule has 0 aliphatic heterocycles. The van der Waals surface area contributed by atoms with Crippen LogP contribution in [0.3, 0.4) is 0 Å². The first kappa shape index (κ1) is 15.7. The smallest absolute Gasteiger partial charge is 0.338 e. The van der Waals surface area contributed by atoms with E-state index in [2.05, 4.69) is 13.8 Å². The van der Waals surface area contributed by atoms with Crippen LogP contribution in [-0.2, 0) is 14.2 Å². The van der Waals surface area contributed by atoms with Gasteiger partial charge in [0.25, 0.3) is 0 Å². The molecule has 0 bridgehead atoms. The van der Waals surface area contributed by atoms with Crippen molar-refractivity contribution in [3.05, 3.63) is 35.4 Å². The molecule has 0 saturated carbocycles. The van der Waals surface area contributed by atoms with Crippen LogP contribution in [0.1, 0.15) is 35.7 Å². The lowest BCUT2D eigenvalue weighted by Crippen LogP contribution is -2.12. The minimum atomic E-state index is -0.314. The molecule has 0 heterocycles. The Morgan fingerprint density at radius 1 is 1.05 bits per heavy atom. The Balaban J connectivity index is 2.29. The number of methoxy groups -OCH3 is 1. The number of esters is 1. The lowest BCUT2D eigenvalue weighted by molar-refractivity contribution is 0.0214. The minimum absolute atomic E-state index is 0.258. The summed E-state index contributed by atoms with van der Waals surface area (Å²) in [6, 6.07) is 7.50. The third-order valence-electron chi connectivity index (χ3n) is 2.71. The fraction of sp³-hybridized carbons (Fsp3) is 0.533. The second-order valence-electron chi connectivity index (χ2n) is 4.52. The van der Waals surface area contributed by atoms with Crippen LogP contribution in [-0.4, -0.2) is 39.5 Å². The third kappa shape index (κ3) is 5.85. The number of benzene rings is 1. The Morgan fingerprint density at radius 2 is 1.68 bits per heavy atom. The van der Waals surface area contributed by atoms with E-state index in [9.17, 15) is 4.79 Å². The van der Waals surface area contributed by atoms with Gasteiger partial charge in [0.1, 0.15) is 6.61 Å². The van der Waals surface area contributed by atoms with Crippen molar-refractivity contribution in [2.24, 2.45) is 0 Å². The molecule has 4 heteroatoms. The molecule has 0 fully saturated rings. The summed E-state index contributed by atoms with van der Waals surface area (Å²) in [4.78, 5) is 11.7. The van der Waals surface area contributed by atoms with Crippen LogP contribution in [0, 0.1) is 0 Å². The summed E-state index contributed by atoms with van der Waals surface area (Å²) >= 11 is 0. The molecule has 1 aromatic carbocycles. The molecular weight excluding hydrogens is 244 g/mol. The largest absolute Gasteiger partial charge is 0.460 e. The van der Waals surface area contributed by atoms with Gasteiger partial charge in [-0.3, -0.25) is 0 Å². The third-order valence-corrected chi connectivity index (χ3v) is 2.71. The SMILES string of the molecule is COCCOCCOC(=O)c1ccc(C(C)C)cc1. The fourth-order valence-electron chi connectivity index (χ4n) is 1.53. The molecule has 19 heavy (non-hydrogen) atoms. The quantitative estimate of drug-likeness (QED) is 0.536. The van der Waals surface area contributed by atoms with Gasteiger partial charge in [0.05, 0.1) is 25.4 Å². The van der Waals surface area contributed by atoms with Crippen molar-refractivity contribution in [1.29, 1.82) is 0 Å². The van der Waals surface area contributed by atoms with Crippen molar-refractivity contribution in [1.82, 2.24) is 0 Å². The summed E-state index contributed by atoms with van der Waals surface area (Å²) in [7, 11) is 1.62. The van der Waals surface area contributed by atoms with Gasteiger partial charge >= 0.3 is 5.97 Å². The topological polar surface area (TPSA) is 44.8 Å². The Kier molecular flexibility index (Phi) is 7.15. The van der Waals surface area contributed by atoms with Gasteiger partial charge in [0, 0.05) is 7.11 Å². The van der Waals surface area contributed by atoms with Crippen LogP contribution in [0.15, 0.2) is 24.3 Å². The molecule has 0 amide bonds. The molecule has 1 rings (SSSR count). The Hall–Kier alpha value is -1.39. The van der Waals surface area contributed by atoms with Crippen LogP contribution in [0.5, 0.6) is 0 Å². The number of hydrogen-bond acceptors (Lipinski definition) is 4. The first-order valence-corrected chi connectivity index (χ1v) is 6.49. The number of carbonyl (C=O) groups is 1. The lowest BCUT2D eigenvalue weighted by atomic mass is 10.0. The zero-order valence-corrected chi connectivity index (χ0v) is 11.8. The average Bonchev–Trinajstić information content (AvgIpc) is 2.42. The van der Waals surface area contributed by atoms with Crippen molar-refractivity contribution < 1.29 is 19.0 Å². The van der Waals surface area contributed by atoms with Gasteiger partial charge in [-0.2, -0.15) is 0 Å².